The number of nitro groups is 1. The van der Waals surface area contributed by atoms with E-state index >= 15 is 0 Å². The summed E-state index contributed by atoms with van der Waals surface area (Å²) in [7, 11) is 0. The van der Waals surface area contributed by atoms with Gasteiger partial charge in [0.15, 0.2) is 0 Å². The van der Waals surface area contributed by atoms with E-state index in [1.54, 1.807) is 4.90 Å². The average molecular weight is 376 g/mol. The summed E-state index contributed by atoms with van der Waals surface area (Å²) in [6.45, 7) is 2.33. The Bertz CT molecular complexity index is 494. The van der Waals surface area contributed by atoms with Gasteiger partial charge in [-0.25, -0.2) is 0 Å². The van der Waals surface area contributed by atoms with Crippen molar-refractivity contribution >= 4 is 30.5 Å². The van der Waals surface area contributed by atoms with E-state index in [-0.39, 0.29) is 30.5 Å². The smallest absolute Gasteiger partial charge is 0.314 e. The van der Waals surface area contributed by atoms with Crippen LogP contribution in [0, 0.1) is 10.1 Å². The highest BCUT2D eigenvalue weighted by molar-refractivity contribution is 5.85. The molecule has 0 radical (unpaired) electrons. The third-order valence-corrected chi connectivity index (χ3v) is 3.51. The zero-order valence-corrected chi connectivity index (χ0v) is 13.7. The Morgan fingerprint density at radius 2 is 1.70 bits per heavy atom. The van der Waals surface area contributed by atoms with Crippen LogP contribution in [0.2, 0.25) is 0 Å². The van der Waals surface area contributed by atoms with E-state index in [1.165, 1.54) is 24.3 Å². The van der Waals surface area contributed by atoms with Gasteiger partial charge in [0.05, 0.1) is 11.3 Å². The summed E-state index contributed by atoms with van der Waals surface area (Å²) >= 11 is 0. The minimum absolute atomic E-state index is 0. The van der Waals surface area contributed by atoms with Crippen LogP contribution in [0.1, 0.15) is 18.0 Å². The van der Waals surface area contributed by atoms with Crippen molar-refractivity contribution < 1.29 is 18.1 Å². The monoisotopic (exact) mass is 375 g/mol. The second-order valence-corrected chi connectivity index (χ2v) is 4.97. The Labute approximate surface area is 144 Å². The molecule has 0 bridgehead atoms. The third kappa shape index (κ3) is 6.50. The van der Waals surface area contributed by atoms with Crippen LogP contribution in [0.3, 0.4) is 0 Å². The first-order valence-corrected chi connectivity index (χ1v) is 6.63. The molecule has 1 fully saturated rings. The van der Waals surface area contributed by atoms with Crippen molar-refractivity contribution in [3.63, 3.8) is 0 Å². The molecule has 1 aliphatic heterocycles. The summed E-state index contributed by atoms with van der Waals surface area (Å²) in [4.78, 5) is 11.8. The number of non-ortho nitro benzene ring substituents is 1. The molecule has 0 aromatic heterocycles. The summed E-state index contributed by atoms with van der Waals surface area (Å²) in [5.41, 5.74) is 0.338. The number of nitro benzene ring substituents is 1. The molecule has 0 aliphatic carbocycles. The predicted molar refractivity (Wildman–Crippen MR) is 85.4 cm³/mol. The van der Waals surface area contributed by atoms with Crippen molar-refractivity contribution in [2.75, 3.05) is 26.2 Å². The molecule has 1 atom stereocenters. The standard InChI is InChI=1S/C13H16F3N3O2.2ClH/c14-13(15,16)9-12(18-7-5-17-6-8-18)10-1-3-11(4-2-10)19(20)21;;/h1-4,12,17H,5-9H2;2*1H/t12-;;/m0../s1. The summed E-state index contributed by atoms with van der Waals surface area (Å²) in [5, 5.41) is 13.7. The van der Waals surface area contributed by atoms with Crippen LogP contribution < -0.4 is 5.32 Å². The molecule has 0 spiro atoms. The van der Waals surface area contributed by atoms with Crippen LogP contribution in [0.5, 0.6) is 0 Å². The summed E-state index contributed by atoms with van der Waals surface area (Å²) in [6, 6.07) is 4.53. The molecule has 0 unspecified atom stereocenters. The lowest BCUT2D eigenvalue weighted by Gasteiger charge is -2.35. The number of benzene rings is 1. The summed E-state index contributed by atoms with van der Waals surface area (Å²) < 4.78 is 38.4. The second kappa shape index (κ2) is 9.27. The number of halogens is 5. The average Bonchev–Trinajstić information content (AvgIpc) is 2.45. The minimum Gasteiger partial charge on any atom is -0.314 e. The molecule has 1 aromatic rings. The molecule has 1 N–H and O–H groups in total. The zero-order valence-electron chi connectivity index (χ0n) is 12.1. The van der Waals surface area contributed by atoms with E-state index in [0.717, 1.165) is 0 Å². The number of alkyl halides is 3. The summed E-state index contributed by atoms with van der Waals surface area (Å²) in [5.74, 6) is 0. The molecule has 0 amide bonds. The number of hydrogen-bond acceptors (Lipinski definition) is 4. The van der Waals surface area contributed by atoms with E-state index in [9.17, 15) is 23.3 Å². The molecule has 23 heavy (non-hydrogen) atoms. The van der Waals surface area contributed by atoms with Crippen LogP contribution in [-0.2, 0) is 0 Å². The third-order valence-electron chi connectivity index (χ3n) is 3.51. The molecule has 0 saturated carbocycles. The first-order chi connectivity index (χ1) is 9.87. The molecule has 1 saturated heterocycles. The quantitative estimate of drug-likeness (QED) is 0.647. The van der Waals surface area contributed by atoms with Gasteiger partial charge >= 0.3 is 6.18 Å². The normalized spacial score (nSPS) is 16.8. The highest BCUT2D eigenvalue weighted by Crippen LogP contribution is 2.34. The number of rotatable bonds is 4. The maximum Gasteiger partial charge on any atom is 0.390 e. The van der Waals surface area contributed by atoms with Crippen LogP contribution in [0.25, 0.3) is 0 Å². The highest BCUT2D eigenvalue weighted by atomic mass is 35.5. The minimum atomic E-state index is -4.28. The number of nitrogens with one attached hydrogen (secondary N) is 1. The van der Waals surface area contributed by atoms with Gasteiger partial charge in [0.25, 0.3) is 5.69 Å². The fourth-order valence-corrected chi connectivity index (χ4v) is 2.49. The first kappa shape index (κ1) is 21.9. The van der Waals surface area contributed by atoms with Gasteiger partial charge in [-0.15, -0.1) is 24.8 Å². The van der Waals surface area contributed by atoms with E-state index in [0.29, 0.717) is 31.7 Å². The van der Waals surface area contributed by atoms with Crippen LogP contribution >= 0.6 is 24.8 Å². The number of piperazine rings is 1. The van der Waals surface area contributed by atoms with Crippen molar-refractivity contribution in [1.82, 2.24) is 10.2 Å². The van der Waals surface area contributed by atoms with Crippen LogP contribution in [0.4, 0.5) is 18.9 Å². The molecular weight excluding hydrogens is 358 g/mol. The fraction of sp³-hybridized carbons (Fsp3) is 0.538. The van der Waals surface area contributed by atoms with E-state index < -0.39 is 23.6 Å². The van der Waals surface area contributed by atoms with Gasteiger partial charge in [0.2, 0.25) is 0 Å². The number of hydrogen-bond donors (Lipinski definition) is 1. The molecule has 10 heteroatoms. The highest BCUT2D eigenvalue weighted by Gasteiger charge is 2.36. The Balaban J connectivity index is 0.00000242. The molecular formula is C13H18Cl2F3N3O2. The van der Waals surface area contributed by atoms with Gasteiger partial charge in [0, 0.05) is 44.4 Å². The fourth-order valence-electron chi connectivity index (χ4n) is 2.49. The van der Waals surface area contributed by atoms with Crippen molar-refractivity contribution in [2.24, 2.45) is 0 Å². The Hall–Kier alpha value is -1.09. The first-order valence-electron chi connectivity index (χ1n) is 6.63. The van der Waals surface area contributed by atoms with E-state index in [1.807, 2.05) is 0 Å². The van der Waals surface area contributed by atoms with E-state index in [4.69, 9.17) is 0 Å². The molecule has 1 aromatic carbocycles. The van der Waals surface area contributed by atoms with Crippen molar-refractivity contribution in [3.05, 3.63) is 39.9 Å². The van der Waals surface area contributed by atoms with Gasteiger partial charge in [-0.3, -0.25) is 15.0 Å². The second-order valence-electron chi connectivity index (χ2n) is 4.97. The Morgan fingerprint density at radius 3 is 2.13 bits per heavy atom. The van der Waals surface area contributed by atoms with Crippen molar-refractivity contribution in [2.45, 2.75) is 18.6 Å². The van der Waals surface area contributed by atoms with Gasteiger partial charge in [-0.1, -0.05) is 12.1 Å². The molecule has 1 aliphatic rings. The maximum absolute atomic E-state index is 12.8. The molecule has 2 rings (SSSR count). The van der Waals surface area contributed by atoms with Gasteiger partial charge < -0.3 is 5.32 Å². The van der Waals surface area contributed by atoms with E-state index in [2.05, 4.69) is 5.32 Å². The Morgan fingerprint density at radius 1 is 1.17 bits per heavy atom. The zero-order chi connectivity index (χ0) is 15.5. The predicted octanol–water partition coefficient (Wildman–Crippen LogP) is 3.34. The largest absolute Gasteiger partial charge is 0.390 e. The lowest BCUT2D eigenvalue weighted by atomic mass is 10.0. The van der Waals surface area contributed by atoms with Gasteiger partial charge in [0.1, 0.15) is 0 Å². The van der Waals surface area contributed by atoms with Crippen molar-refractivity contribution in [1.29, 1.82) is 0 Å². The van der Waals surface area contributed by atoms with Crippen molar-refractivity contribution in [3.8, 4) is 0 Å². The van der Waals surface area contributed by atoms with Crippen LogP contribution in [0.15, 0.2) is 24.3 Å². The number of nitrogens with zero attached hydrogens (tertiary/aromatic N) is 2. The SMILES string of the molecule is Cl.Cl.O=[N+]([O-])c1ccc([C@H](CC(F)(F)F)N2CCNCC2)cc1. The Kier molecular flexibility index (Phi) is 8.83. The topological polar surface area (TPSA) is 58.4 Å². The van der Waals surface area contributed by atoms with Gasteiger partial charge in [-0.05, 0) is 5.56 Å². The van der Waals surface area contributed by atoms with Gasteiger partial charge in [-0.2, -0.15) is 13.2 Å². The lowest BCUT2D eigenvalue weighted by Crippen LogP contribution is -2.46. The van der Waals surface area contributed by atoms with Crippen LogP contribution in [-0.4, -0.2) is 42.2 Å². The molecule has 5 nitrogen and oxygen atoms in total. The maximum atomic E-state index is 12.8. The molecule has 132 valence electrons. The summed E-state index contributed by atoms with van der Waals surface area (Å²) in [6.07, 6.45) is -5.23. The molecule has 1 heterocycles. The lowest BCUT2D eigenvalue weighted by molar-refractivity contribution is -0.384.